The number of aryl methyl sites for hydroxylation is 1. The number of carbonyl (C=O) groups excluding carboxylic acids is 1. The third kappa shape index (κ3) is 3.17. The molecule has 0 radical (unpaired) electrons. The van der Waals surface area contributed by atoms with Crippen LogP contribution in [0.1, 0.15) is 23.1 Å². The van der Waals surface area contributed by atoms with Crippen LogP contribution in [0, 0.1) is 6.92 Å². The van der Waals surface area contributed by atoms with E-state index >= 15 is 0 Å². The largest absolute Gasteiger partial charge is 0.476 e. The third-order valence-electron chi connectivity index (χ3n) is 2.04. The van der Waals surface area contributed by atoms with Crippen molar-refractivity contribution >= 4 is 11.9 Å². The van der Waals surface area contributed by atoms with E-state index < -0.39 is 18.0 Å². The predicted octanol–water partition coefficient (Wildman–Crippen LogP) is 1.03. The lowest BCUT2D eigenvalue weighted by molar-refractivity contribution is -0.147. The van der Waals surface area contributed by atoms with E-state index in [0.717, 1.165) is 0 Å². The van der Waals surface area contributed by atoms with Crippen molar-refractivity contribution in [1.82, 2.24) is 4.98 Å². The van der Waals surface area contributed by atoms with Crippen molar-refractivity contribution in [3.8, 4) is 5.75 Å². The summed E-state index contributed by atoms with van der Waals surface area (Å²) in [4.78, 5) is 25.9. The Bertz CT molecular complexity index is 443. The monoisotopic (exact) mass is 239 g/mol. The molecule has 0 bridgehead atoms. The summed E-state index contributed by atoms with van der Waals surface area (Å²) in [5, 5.41) is 8.94. The predicted molar refractivity (Wildman–Crippen MR) is 58.0 cm³/mol. The highest BCUT2D eigenvalue weighted by molar-refractivity contribution is 5.88. The second kappa shape index (κ2) is 5.29. The fourth-order valence-electron chi connectivity index (χ4n) is 1.20. The molecule has 1 unspecified atom stereocenters. The number of rotatable bonds is 4. The molecule has 6 heteroatoms. The molecule has 6 nitrogen and oxygen atoms in total. The van der Waals surface area contributed by atoms with Gasteiger partial charge in [0.25, 0.3) is 0 Å². The number of aromatic nitrogens is 1. The number of pyridine rings is 1. The molecular weight excluding hydrogens is 226 g/mol. The van der Waals surface area contributed by atoms with Gasteiger partial charge in [-0.05, 0) is 26.0 Å². The molecule has 0 saturated carbocycles. The normalized spacial score (nSPS) is 11.7. The van der Waals surface area contributed by atoms with E-state index in [1.165, 1.54) is 20.1 Å². The van der Waals surface area contributed by atoms with Crippen molar-refractivity contribution in [3.63, 3.8) is 0 Å². The highest BCUT2D eigenvalue weighted by Gasteiger charge is 2.20. The number of hydrogen-bond donors (Lipinski definition) is 1. The average molecular weight is 239 g/mol. The number of nitrogens with zero attached hydrogens (tertiary/aromatic N) is 1. The molecule has 1 atom stereocenters. The molecule has 1 heterocycles. The van der Waals surface area contributed by atoms with Crippen LogP contribution in [-0.2, 0) is 9.53 Å². The Balaban J connectivity index is 2.98. The smallest absolute Gasteiger partial charge is 0.358 e. The first-order chi connectivity index (χ1) is 7.95. The first-order valence-electron chi connectivity index (χ1n) is 4.91. The van der Waals surface area contributed by atoms with E-state index in [9.17, 15) is 9.59 Å². The minimum Gasteiger partial charge on any atom is -0.476 e. The number of carbonyl (C=O) groups is 2. The van der Waals surface area contributed by atoms with Gasteiger partial charge in [0.2, 0.25) is 0 Å². The van der Waals surface area contributed by atoms with Crippen LogP contribution in [-0.4, -0.2) is 35.2 Å². The van der Waals surface area contributed by atoms with Gasteiger partial charge in [-0.25, -0.2) is 14.6 Å². The molecule has 0 aliphatic carbocycles. The van der Waals surface area contributed by atoms with Gasteiger partial charge in [0.15, 0.2) is 17.5 Å². The maximum atomic E-state index is 11.1. The molecular formula is C11H13NO5. The second-order valence-electron chi connectivity index (χ2n) is 3.39. The number of hydrogen-bond acceptors (Lipinski definition) is 5. The lowest BCUT2D eigenvalue weighted by Gasteiger charge is -2.13. The summed E-state index contributed by atoms with van der Waals surface area (Å²) in [7, 11) is 1.23. The Morgan fingerprint density at radius 2 is 2.06 bits per heavy atom. The average Bonchev–Trinajstić information content (AvgIpc) is 2.29. The number of methoxy groups -OCH3 is 1. The van der Waals surface area contributed by atoms with E-state index in [2.05, 4.69) is 9.72 Å². The van der Waals surface area contributed by atoms with E-state index in [-0.39, 0.29) is 11.4 Å². The van der Waals surface area contributed by atoms with E-state index in [1.807, 2.05) is 0 Å². The summed E-state index contributed by atoms with van der Waals surface area (Å²) in [5.74, 6) is -1.75. The number of aromatic carboxylic acids is 1. The van der Waals surface area contributed by atoms with Gasteiger partial charge in [-0.3, -0.25) is 0 Å². The maximum absolute atomic E-state index is 11.1. The molecule has 92 valence electrons. The van der Waals surface area contributed by atoms with Crippen LogP contribution in [0.2, 0.25) is 0 Å². The highest BCUT2D eigenvalue weighted by Crippen LogP contribution is 2.18. The van der Waals surface area contributed by atoms with E-state index in [4.69, 9.17) is 9.84 Å². The molecule has 1 rings (SSSR count). The Morgan fingerprint density at radius 1 is 1.41 bits per heavy atom. The number of esters is 1. The summed E-state index contributed by atoms with van der Waals surface area (Å²) < 4.78 is 9.67. The van der Waals surface area contributed by atoms with Crippen molar-refractivity contribution in [2.75, 3.05) is 7.11 Å². The van der Waals surface area contributed by atoms with Crippen molar-refractivity contribution in [3.05, 3.63) is 23.5 Å². The highest BCUT2D eigenvalue weighted by atomic mass is 16.6. The van der Waals surface area contributed by atoms with Gasteiger partial charge >= 0.3 is 11.9 Å². The van der Waals surface area contributed by atoms with Crippen molar-refractivity contribution in [1.29, 1.82) is 0 Å². The molecule has 0 fully saturated rings. The molecule has 1 aromatic rings. The minimum absolute atomic E-state index is 0.0426. The van der Waals surface area contributed by atoms with Crippen LogP contribution in [0.3, 0.4) is 0 Å². The van der Waals surface area contributed by atoms with Crippen LogP contribution in [0.25, 0.3) is 0 Å². The van der Waals surface area contributed by atoms with Gasteiger partial charge in [0.1, 0.15) is 0 Å². The topological polar surface area (TPSA) is 85.7 Å². The number of ether oxygens (including phenoxy) is 2. The molecule has 0 spiro atoms. The molecule has 17 heavy (non-hydrogen) atoms. The van der Waals surface area contributed by atoms with Crippen LogP contribution in [0.5, 0.6) is 5.75 Å². The maximum Gasteiger partial charge on any atom is 0.358 e. The molecule has 0 saturated heterocycles. The van der Waals surface area contributed by atoms with E-state index in [0.29, 0.717) is 5.69 Å². The Morgan fingerprint density at radius 3 is 2.59 bits per heavy atom. The zero-order valence-electron chi connectivity index (χ0n) is 9.76. The molecule has 1 aromatic heterocycles. The summed E-state index contributed by atoms with van der Waals surface area (Å²) in [6.45, 7) is 3.14. The van der Waals surface area contributed by atoms with Gasteiger partial charge in [0, 0.05) is 5.69 Å². The van der Waals surface area contributed by atoms with E-state index in [1.54, 1.807) is 13.0 Å². The van der Waals surface area contributed by atoms with Gasteiger partial charge in [-0.2, -0.15) is 0 Å². The summed E-state index contributed by atoms with van der Waals surface area (Å²) in [5.41, 5.74) is 0.334. The zero-order chi connectivity index (χ0) is 13.0. The van der Waals surface area contributed by atoms with Gasteiger partial charge in [0.05, 0.1) is 7.11 Å². The quantitative estimate of drug-likeness (QED) is 0.790. The Kier molecular flexibility index (Phi) is 4.03. The zero-order valence-corrected chi connectivity index (χ0v) is 9.76. The number of carboxylic acid groups (broad SMARTS) is 1. The van der Waals surface area contributed by atoms with Gasteiger partial charge in [-0.1, -0.05) is 0 Å². The van der Waals surface area contributed by atoms with Crippen LogP contribution < -0.4 is 4.74 Å². The molecule has 1 N–H and O–H groups in total. The van der Waals surface area contributed by atoms with Crippen molar-refractivity contribution < 1.29 is 24.2 Å². The second-order valence-corrected chi connectivity index (χ2v) is 3.39. The van der Waals surface area contributed by atoms with Crippen LogP contribution in [0.15, 0.2) is 12.1 Å². The fraction of sp³-hybridized carbons (Fsp3) is 0.364. The molecule has 0 aliphatic heterocycles. The van der Waals surface area contributed by atoms with Crippen molar-refractivity contribution in [2.45, 2.75) is 20.0 Å². The van der Waals surface area contributed by atoms with Crippen LogP contribution in [0.4, 0.5) is 0 Å². The molecule has 0 aliphatic rings. The number of carboxylic acids is 1. The SMILES string of the molecule is COC(=O)C(C)Oc1ccc(C)nc1C(=O)O. The standard InChI is InChI=1S/C11H13NO5/c1-6-4-5-8(9(12-6)10(13)14)17-7(2)11(15)16-3/h4-5,7H,1-3H3,(H,13,14). The fourth-order valence-corrected chi connectivity index (χ4v) is 1.20. The lowest BCUT2D eigenvalue weighted by atomic mass is 10.3. The summed E-state index contributed by atoms with van der Waals surface area (Å²) in [6.07, 6.45) is -0.886. The Labute approximate surface area is 98.2 Å². The van der Waals surface area contributed by atoms with Gasteiger partial charge in [-0.15, -0.1) is 0 Å². The first-order valence-corrected chi connectivity index (χ1v) is 4.91. The summed E-state index contributed by atoms with van der Waals surface area (Å²) in [6, 6.07) is 3.07. The minimum atomic E-state index is -1.21. The van der Waals surface area contributed by atoms with Crippen molar-refractivity contribution in [2.24, 2.45) is 0 Å². The van der Waals surface area contributed by atoms with Crippen LogP contribution >= 0.6 is 0 Å². The first kappa shape index (κ1) is 13.0. The Hall–Kier alpha value is -2.11. The third-order valence-corrected chi connectivity index (χ3v) is 2.04. The molecule has 0 amide bonds. The van der Waals surface area contributed by atoms with Gasteiger partial charge < -0.3 is 14.6 Å². The molecule has 0 aromatic carbocycles. The summed E-state index contributed by atoms with van der Waals surface area (Å²) >= 11 is 0. The lowest BCUT2D eigenvalue weighted by Crippen LogP contribution is -2.26.